The average molecular weight is 328 g/mol. The molecule has 2 aromatic rings. The Balaban J connectivity index is 1.71. The third-order valence-corrected chi connectivity index (χ3v) is 4.61. The molecule has 24 heavy (non-hydrogen) atoms. The van der Waals surface area contributed by atoms with E-state index in [1.54, 1.807) is 4.90 Å². The minimum absolute atomic E-state index is 0.213. The average Bonchev–Trinajstić information content (AvgIpc) is 2.91. The van der Waals surface area contributed by atoms with Crippen LogP contribution in [0.15, 0.2) is 30.3 Å². The number of nitrogens with zero attached hydrogens (tertiary/aromatic N) is 3. The summed E-state index contributed by atoms with van der Waals surface area (Å²) in [6, 6.07) is 9.71. The molecule has 3 rings (SSSR count). The molecule has 0 spiro atoms. The van der Waals surface area contributed by atoms with Gasteiger partial charge in [0.2, 0.25) is 0 Å². The van der Waals surface area contributed by atoms with E-state index in [1.165, 1.54) is 5.56 Å². The predicted molar refractivity (Wildman–Crippen MR) is 93.4 cm³/mol. The molecule has 6 nitrogen and oxygen atoms in total. The molecule has 1 aromatic heterocycles. The monoisotopic (exact) mass is 328 g/mol. The maximum absolute atomic E-state index is 12.4. The van der Waals surface area contributed by atoms with Crippen LogP contribution in [0, 0.1) is 19.8 Å². The van der Waals surface area contributed by atoms with Gasteiger partial charge in [-0.1, -0.05) is 24.6 Å². The SMILES string of the molecule is Cc1ccc(-n2nc(NC(=O)N3CCC(C)C(O)C3)cc2C)cc1. The summed E-state index contributed by atoms with van der Waals surface area (Å²) in [4.78, 5) is 14.0. The first-order valence-electron chi connectivity index (χ1n) is 8.32. The van der Waals surface area contributed by atoms with Crippen LogP contribution in [-0.2, 0) is 0 Å². The number of piperidine rings is 1. The van der Waals surface area contributed by atoms with Crippen molar-refractivity contribution in [2.24, 2.45) is 5.92 Å². The van der Waals surface area contributed by atoms with Gasteiger partial charge in [0.05, 0.1) is 11.8 Å². The molecule has 2 amide bonds. The molecule has 1 aromatic carbocycles. The lowest BCUT2D eigenvalue weighted by Gasteiger charge is -2.33. The Morgan fingerprint density at radius 1 is 1.29 bits per heavy atom. The lowest BCUT2D eigenvalue weighted by atomic mass is 9.96. The van der Waals surface area contributed by atoms with E-state index in [2.05, 4.69) is 10.4 Å². The Kier molecular flexibility index (Phi) is 4.57. The number of β-amino-alcohol motifs (C(OH)–C–C–N with tert-alkyl or cyclic N) is 1. The number of aliphatic hydroxyl groups excluding tert-OH is 1. The van der Waals surface area contributed by atoms with Crippen molar-refractivity contribution >= 4 is 11.8 Å². The molecule has 2 heterocycles. The number of rotatable bonds is 2. The zero-order valence-electron chi connectivity index (χ0n) is 14.4. The van der Waals surface area contributed by atoms with Crippen molar-refractivity contribution in [1.82, 2.24) is 14.7 Å². The summed E-state index contributed by atoms with van der Waals surface area (Å²) in [6.45, 7) is 7.02. The standard InChI is InChI=1S/C18H24N4O2/c1-12-4-6-15(7-5-12)22-14(3)10-17(20-22)19-18(24)21-9-8-13(2)16(23)11-21/h4-7,10,13,16,23H,8-9,11H2,1-3H3,(H,19,20,24). The molecule has 1 aliphatic heterocycles. The fourth-order valence-corrected chi connectivity index (χ4v) is 2.90. The van der Waals surface area contributed by atoms with E-state index in [4.69, 9.17) is 0 Å². The number of nitrogens with one attached hydrogen (secondary N) is 1. The highest BCUT2D eigenvalue weighted by Gasteiger charge is 2.27. The second-order valence-corrected chi connectivity index (χ2v) is 6.63. The maximum Gasteiger partial charge on any atom is 0.323 e. The highest BCUT2D eigenvalue weighted by atomic mass is 16.3. The van der Waals surface area contributed by atoms with E-state index in [0.29, 0.717) is 18.9 Å². The third kappa shape index (κ3) is 3.43. The van der Waals surface area contributed by atoms with Crippen LogP contribution in [0.4, 0.5) is 10.6 Å². The molecule has 1 aliphatic rings. The molecule has 1 fully saturated rings. The summed E-state index contributed by atoms with van der Waals surface area (Å²) in [5, 5.41) is 17.2. The first-order valence-corrected chi connectivity index (χ1v) is 8.32. The van der Waals surface area contributed by atoms with Crippen LogP contribution < -0.4 is 5.32 Å². The molecule has 128 valence electrons. The largest absolute Gasteiger partial charge is 0.391 e. The van der Waals surface area contributed by atoms with E-state index < -0.39 is 6.10 Å². The predicted octanol–water partition coefficient (Wildman–Crippen LogP) is 2.72. The summed E-state index contributed by atoms with van der Waals surface area (Å²) in [7, 11) is 0. The Morgan fingerprint density at radius 2 is 2.00 bits per heavy atom. The molecule has 0 aliphatic carbocycles. The van der Waals surface area contributed by atoms with Crippen molar-refractivity contribution in [3.05, 3.63) is 41.6 Å². The molecule has 2 atom stereocenters. The number of likely N-dealkylation sites (tertiary alicyclic amines) is 1. The van der Waals surface area contributed by atoms with Crippen LogP contribution in [-0.4, -0.2) is 45.0 Å². The van der Waals surface area contributed by atoms with E-state index in [0.717, 1.165) is 17.8 Å². The van der Waals surface area contributed by atoms with Crippen LogP contribution in [0.2, 0.25) is 0 Å². The number of benzene rings is 1. The van der Waals surface area contributed by atoms with E-state index in [1.807, 2.05) is 55.8 Å². The van der Waals surface area contributed by atoms with Gasteiger partial charge in [-0.15, -0.1) is 5.10 Å². The van der Waals surface area contributed by atoms with E-state index >= 15 is 0 Å². The Labute approximate surface area is 142 Å². The van der Waals surface area contributed by atoms with E-state index in [-0.39, 0.29) is 11.9 Å². The molecular formula is C18H24N4O2. The van der Waals surface area contributed by atoms with Crippen molar-refractivity contribution in [2.75, 3.05) is 18.4 Å². The number of hydrogen-bond acceptors (Lipinski definition) is 3. The molecular weight excluding hydrogens is 304 g/mol. The van der Waals surface area contributed by atoms with Crippen molar-refractivity contribution in [1.29, 1.82) is 0 Å². The molecule has 0 bridgehead atoms. The van der Waals surface area contributed by atoms with Crippen molar-refractivity contribution in [3.8, 4) is 5.69 Å². The van der Waals surface area contributed by atoms with Gasteiger partial charge < -0.3 is 10.0 Å². The van der Waals surface area contributed by atoms with Crippen molar-refractivity contribution in [3.63, 3.8) is 0 Å². The fourth-order valence-electron chi connectivity index (χ4n) is 2.90. The van der Waals surface area contributed by atoms with Crippen molar-refractivity contribution in [2.45, 2.75) is 33.3 Å². The van der Waals surface area contributed by atoms with Crippen molar-refractivity contribution < 1.29 is 9.90 Å². The fraction of sp³-hybridized carbons (Fsp3) is 0.444. The lowest BCUT2D eigenvalue weighted by Crippen LogP contribution is -2.47. The number of anilines is 1. The van der Waals surface area contributed by atoms with Gasteiger partial charge in [0.25, 0.3) is 0 Å². The first kappa shape index (κ1) is 16.5. The smallest absolute Gasteiger partial charge is 0.323 e. The summed E-state index contributed by atoms with van der Waals surface area (Å²) < 4.78 is 1.81. The van der Waals surface area contributed by atoms with Gasteiger partial charge in [0, 0.05) is 24.8 Å². The van der Waals surface area contributed by atoms with Crippen LogP contribution >= 0.6 is 0 Å². The number of aliphatic hydroxyl groups is 1. The lowest BCUT2D eigenvalue weighted by molar-refractivity contribution is 0.0463. The van der Waals surface area contributed by atoms with Gasteiger partial charge in [0.15, 0.2) is 5.82 Å². The maximum atomic E-state index is 12.4. The number of carbonyl (C=O) groups excluding carboxylic acids is 1. The summed E-state index contributed by atoms with van der Waals surface area (Å²) in [5.74, 6) is 0.753. The second kappa shape index (κ2) is 6.65. The Bertz CT molecular complexity index is 723. The molecule has 1 saturated heterocycles. The minimum atomic E-state index is -0.462. The third-order valence-electron chi connectivity index (χ3n) is 4.61. The minimum Gasteiger partial charge on any atom is -0.391 e. The summed E-state index contributed by atoms with van der Waals surface area (Å²) >= 11 is 0. The zero-order chi connectivity index (χ0) is 17.3. The summed E-state index contributed by atoms with van der Waals surface area (Å²) in [6.07, 6.45) is 0.349. The van der Waals surface area contributed by atoms with Gasteiger partial charge in [-0.25, -0.2) is 9.48 Å². The van der Waals surface area contributed by atoms with Gasteiger partial charge in [0.1, 0.15) is 0 Å². The molecule has 2 unspecified atom stereocenters. The number of aryl methyl sites for hydroxylation is 2. The molecule has 6 heteroatoms. The van der Waals surface area contributed by atoms with E-state index in [9.17, 15) is 9.90 Å². The quantitative estimate of drug-likeness (QED) is 0.890. The number of carbonyl (C=O) groups is 1. The van der Waals surface area contributed by atoms with Crippen LogP contribution in [0.1, 0.15) is 24.6 Å². The molecule has 0 saturated carbocycles. The highest BCUT2D eigenvalue weighted by molar-refractivity contribution is 5.88. The van der Waals surface area contributed by atoms with Gasteiger partial charge in [-0.05, 0) is 38.3 Å². The van der Waals surface area contributed by atoms with Gasteiger partial charge >= 0.3 is 6.03 Å². The first-order chi connectivity index (χ1) is 11.4. The van der Waals surface area contributed by atoms with Crippen LogP contribution in [0.25, 0.3) is 5.69 Å². The topological polar surface area (TPSA) is 70.4 Å². The number of urea groups is 1. The van der Waals surface area contributed by atoms with Crippen LogP contribution in [0.3, 0.4) is 0 Å². The highest BCUT2D eigenvalue weighted by Crippen LogP contribution is 2.19. The van der Waals surface area contributed by atoms with Crippen LogP contribution in [0.5, 0.6) is 0 Å². The normalized spacial score (nSPS) is 20.9. The Morgan fingerprint density at radius 3 is 2.67 bits per heavy atom. The number of hydrogen-bond donors (Lipinski definition) is 2. The Hall–Kier alpha value is -2.34. The molecule has 2 N–H and O–H groups in total. The zero-order valence-corrected chi connectivity index (χ0v) is 14.4. The van der Waals surface area contributed by atoms with Gasteiger partial charge in [-0.3, -0.25) is 5.32 Å². The van der Waals surface area contributed by atoms with Gasteiger partial charge in [-0.2, -0.15) is 0 Å². The number of amides is 2. The number of aromatic nitrogens is 2. The summed E-state index contributed by atoms with van der Waals surface area (Å²) in [5.41, 5.74) is 3.09. The second-order valence-electron chi connectivity index (χ2n) is 6.63. The molecule has 0 radical (unpaired) electrons.